The summed E-state index contributed by atoms with van der Waals surface area (Å²) >= 11 is 0. The molecule has 0 saturated carbocycles. The van der Waals surface area contributed by atoms with Crippen molar-refractivity contribution < 1.29 is 14.6 Å². The summed E-state index contributed by atoms with van der Waals surface area (Å²) in [6.45, 7) is 8.48. The van der Waals surface area contributed by atoms with Gasteiger partial charge in [-0.3, -0.25) is 4.79 Å². The molecule has 35 heavy (non-hydrogen) atoms. The van der Waals surface area contributed by atoms with E-state index in [4.69, 9.17) is 9.47 Å². The van der Waals surface area contributed by atoms with Crippen LogP contribution >= 0.6 is 0 Å². The maximum absolute atomic E-state index is 13.1. The minimum Gasteiger partial charge on any atom is -0.508 e. The number of hydrogen-bond donors (Lipinski definition) is 1. The lowest BCUT2D eigenvalue weighted by Gasteiger charge is -2.21. The van der Waals surface area contributed by atoms with E-state index in [0.717, 1.165) is 17.2 Å². The Bertz CT molecular complexity index is 1310. The molecule has 0 bridgehead atoms. The van der Waals surface area contributed by atoms with E-state index in [1.165, 1.54) is 4.68 Å². The number of rotatable bonds is 11. The van der Waals surface area contributed by atoms with Crippen LogP contribution in [0.4, 0.5) is 0 Å². The Morgan fingerprint density at radius 1 is 1.03 bits per heavy atom. The summed E-state index contributed by atoms with van der Waals surface area (Å²) in [5.41, 5.74) is 2.49. The molecule has 0 amide bonds. The quantitative estimate of drug-likeness (QED) is 0.235. The first-order valence-electron chi connectivity index (χ1n) is 11.9. The number of nitrogens with zero attached hydrogens (tertiary/aromatic N) is 3. The molecule has 1 N–H and O–H groups in total. The first-order chi connectivity index (χ1) is 16.8. The predicted molar refractivity (Wildman–Crippen MR) is 140 cm³/mol. The van der Waals surface area contributed by atoms with E-state index in [2.05, 4.69) is 24.7 Å². The Hall–Kier alpha value is -3.20. The van der Waals surface area contributed by atoms with Crippen LogP contribution in [-0.4, -0.2) is 40.7 Å². The summed E-state index contributed by atoms with van der Waals surface area (Å²) in [6, 6.07) is 19.7. The van der Waals surface area contributed by atoms with Crippen molar-refractivity contribution in [3.05, 3.63) is 94.5 Å². The van der Waals surface area contributed by atoms with Gasteiger partial charge in [0.2, 0.25) is 0 Å². The summed E-state index contributed by atoms with van der Waals surface area (Å²) in [5.74, 6) is 0.183. The minimum absolute atomic E-state index is 0.139. The number of aromatic nitrogens is 3. The molecule has 8 heteroatoms. The normalized spacial score (nSPS) is 12.8. The van der Waals surface area contributed by atoms with Crippen LogP contribution in [0.2, 0.25) is 25.7 Å². The van der Waals surface area contributed by atoms with Gasteiger partial charge in [-0.15, -0.1) is 0 Å². The highest BCUT2D eigenvalue weighted by Gasteiger charge is 2.19. The second kappa shape index (κ2) is 11.0. The molecule has 184 valence electrons. The summed E-state index contributed by atoms with van der Waals surface area (Å²) in [5, 5.41) is 15.0. The van der Waals surface area contributed by atoms with Crippen LogP contribution < -0.4 is 5.56 Å². The van der Waals surface area contributed by atoms with Crippen molar-refractivity contribution in [1.82, 2.24) is 14.3 Å². The molecular formula is C27H33N3O4Si. The number of benzene rings is 2. The standard InChI is InChI=1S/C27H33N3O4Si/c1-35(2,3)15-14-33-20-30-27(32)24-12-13-29(25(24)17-28-30)26(22-10-7-11-23(31)16-22)19-34-18-21-8-5-4-6-9-21/h4-13,16-17,26,31H,14-15,18-20H2,1-3H3. The largest absolute Gasteiger partial charge is 0.508 e. The van der Waals surface area contributed by atoms with Crippen molar-refractivity contribution in [2.45, 2.75) is 45.1 Å². The zero-order chi connectivity index (χ0) is 24.8. The Morgan fingerprint density at radius 2 is 1.83 bits per heavy atom. The Labute approximate surface area is 206 Å². The van der Waals surface area contributed by atoms with E-state index in [9.17, 15) is 9.90 Å². The molecular weight excluding hydrogens is 458 g/mol. The first kappa shape index (κ1) is 24.9. The van der Waals surface area contributed by atoms with E-state index < -0.39 is 8.07 Å². The van der Waals surface area contributed by atoms with E-state index in [1.807, 2.05) is 59.3 Å². The summed E-state index contributed by atoms with van der Waals surface area (Å²) < 4.78 is 15.2. The number of phenols is 1. The molecule has 0 aliphatic carbocycles. The van der Waals surface area contributed by atoms with Crippen molar-refractivity contribution in [2.24, 2.45) is 0 Å². The summed E-state index contributed by atoms with van der Waals surface area (Å²) in [4.78, 5) is 13.1. The number of fused-ring (bicyclic) bond motifs is 1. The lowest BCUT2D eigenvalue weighted by Crippen LogP contribution is -2.26. The van der Waals surface area contributed by atoms with E-state index >= 15 is 0 Å². The molecule has 2 aromatic carbocycles. The van der Waals surface area contributed by atoms with Crippen LogP contribution in [0.1, 0.15) is 17.2 Å². The van der Waals surface area contributed by atoms with Crippen molar-refractivity contribution in [1.29, 1.82) is 0 Å². The molecule has 0 spiro atoms. The number of hydrogen-bond acceptors (Lipinski definition) is 5. The van der Waals surface area contributed by atoms with Crippen LogP contribution in [-0.2, 0) is 22.8 Å². The fraction of sp³-hybridized carbons (Fsp3) is 0.333. The van der Waals surface area contributed by atoms with Gasteiger partial charge in [-0.2, -0.15) is 5.10 Å². The minimum atomic E-state index is -1.20. The number of aromatic hydroxyl groups is 1. The molecule has 1 unspecified atom stereocenters. The zero-order valence-corrected chi connectivity index (χ0v) is 21.6. The van der Waals surface area contributed by atoms with Crippen LogP contribution in [0.25, 0.3) is 10.9 Å². The van der Waals surface area contributed by atoms with E-state index in [1.54, 1.807) is 18.3 Å². The van der Waals surface area contributed by atoms with Crippen LogP contribution in [0.15, 0.2) is 77.9 Å². The van der Waals surface area contributed by atoms with Gasteiger partial charge in [0.1, 0.15) is 12.5 Å². The van der Waals surface area contributed by atoms with Gasteiger partial charge in [0.05, 0.1) is 36.4 Å². The third-order valence-corrected chi connectivity index (χ3v) is 7.63. The molecule has 0 aliphatic rings. The molecule has 0 saturated heterocycles. The van der Waals surface area contributed by atoms with Gasteiger partial charge in [0.15, 0.2) is 0 Å². The molecule has 0 radical (unpaired) electrons. The maximum Gasteiger partial charge on any atom is 0.278 e. The van der Waals surface area contributed by atoms with Gasteiger partial charge >= 0.3 is 0 Å². The smallest absolute Gasteiger partial charge is 0.278 e. The van der Waals surface area contributed by atoms with Gasteiger partial charge in [-0.25, -0.2) is 4.68 Å². The summed E-state index contributed by atoms with van der Waals surface area (Å²) in [6.07, 6.45) is 3.58. The highest BCUT2D eigenvalue weighted by atomic mass is 28.3. The van der Waals surface area contributed by atoms with Crippen molar-refractivity contribution >= 4 is 19.0 Å². The third-order valence-electron chi connectivity index (χ3n) is 5.93. The maximum atomic E-state index is 13.1. The third kappa shape index (κ3) is 6.48. The lowest BCUT2D eigenvalue weighted by atomic mass is 10.1. The predicted octanol–water partition coefficient (Wildman–Crippen LogP) is 5.02. The van der Waals surface area contributed by atoms with Crippen molar-refractivity contribution in [2.75, 3.05) is 13.2 Å². The SMILES string of the molecule is C[Si](C)(C)CCOCn1ncc2c(ccn2C(COCc2ccccc2)c2cccc(O)c2)c1=O. The second-order valence-electron chi connectivity index (χ2n) is 9.93. The monoisotopic (exact) mass is 491 g/mol. The molecule has 0 fully saturated rings. The molecule has 2 aromatic heterocycles. The first-order valence-corrected chi connectivity index (χ1v) is 15.6. The highest BCUT2D eigenvalue weighted by molar-refractivity contribution is 6.76. The van der Waals surface area contributed by atoms with Crippen LogP contribution in [0.3, 0.4) is 0 Å². The average molecular weight is 492 g/mol. The zero-order valence-electron chi connectivity index (χ0n) is 20.6. The molecule has 1 atom stereocenters. The van der Waals surface area contributed by atoms with Crippen LogP contribution in [0, 0.1) is 0 Å². The van der Waals surface area contributed by atoms with Gasteiger partial charge in [0.25, 0.3) is 5.56 Å². The van der Waals surface area contributed by atoms with E-state index in [-0.39, 0.29) is 24.1 Å². The van der Waals surface area contributed by atoms with Gasteiger partial charge < -0.3 is 19.1 Å². The number of phenolic OH excluding ortho intramolecular Hbond substituents is 1. The molecule has 4 rings (SSSR count). The molecule has 2 heterocycles. The van der Waals surface area contributed by atoms with Crippen molar-refractivity contribution in [3.8, 4) is 5.75 Å². The Morgan fingerprint density at radius 3 is 2.57 bits per heavy atom. The Kier molecular flexibility index (Phi) is 7.85. The Balaban J connectivity index is 1.57. The van der Waals surface area contributed by atoms with Gasteiger partial charge in [-0.05, 0) is 35.4 Å². The van der Waals surface area contributed by atoms with Crippen molar-refractivity contribution in [3.63, 3.8) is 0 Å². The lowest BCUT2D eigenvalue weighted by molar-refractivity contribution is 0.0754. The molecule has 7 nitrogen and oxygen atoms in total. The topological polar surface area (TPSA) is 78.5 Å². The molecule has 4 aromatic rings. The van der Waals surface area contributed by atoms with Gasteiger partial charge in [-0.1, -0.05) is 62.1 Å². The highest BCUT2D eigenvalue weighted by Crippen LogP contribution is 2.26. The fourth-order valence-electron chi connectivity index (χ4n) is 3.92. The number of ether oxygens (including phenoxy) is 2. The van der Waals surface area contributed by atoms with Crippen LogP contribution in [0.5, 0.6) is 5.75 Å². The summed E-state index contributed by atoms with van der Waals surface area (Å²) in [7, 11) is -1.20. The molecule has 0 aliphatic heterocycles. The average Bonchev–Trinajstić information content (AvgIpc) is 3.25. The fourth-order valence-corrected chi connectivity index (χ4v) is 4.67. The van der Waals surface area contributed by atoms with Gasteiger partial charge in [0, 0.05) is 20.9 Å². The van der Waals surface area contributed by atoms with E-state index in [0.29, 0.717) is 30.7 Å². The second-order valence-corrected chi connectivity index (χ2v) is 15.6.